The fourth-order valence-corrected chi connectivity index (χ4v) is 4.33. The molecule has 6 aromatic rings. The number of nitrogens with zero attached hydrogens (tertiary/aromatic N) is 5. The molecule has 0 bridgehead atoms. The van der Waals surface area contributed by atoms with E-state index in [9.17, 15) is 4.79 Å². The lowest BCUT2D eigenvalue weighted by Crippen LogP contribution is -2.12. The van der Waals surface area contributed by atoms with Gasteiger partial charge >= 0.3 is 0 Å². The Morgan fingerprint density at radius 2 is 1.71 bits per heavy atom. The molecule has 8 nitrogen and oxygen atoms in total. The molecular formula is C30H24N6O2. The minimum absolute atomic E-state index is 0.221. The number of fused-ring (bicyclic) bond motifs is 1. The summed E-state index contributed by atoms with van der Waals surface area (Å²) < 4.78 is 9.13. The number of anilines is 1. The summed E-state index contributed by atoms with van der Waals surface area (Å²) in [6.07, 6.45) is 9.22. The maximum absolute atomic E-state index is 12.9. The molecule has 0 saturated carbocycles. The second-order valence-electron chi connectivity index (χ2n) is 8.86. The average molecular weight is 501 g/mol. The Morgan fingerprint density at radius 3 is 2.55 bits per heavy atom. The molecule has 0 fully saturated rings. The summed E-state index contributed by atoms with van der Waals surface area (Å²) in [7, 11) is 1.58. The summed E-state index contributed by atoms with van der Waals surface area (Å²) in [5.41, 5.74) is 5.63. The van der Waals surface area contributed by atoms with E-state index in [2.05, 4.69) is 46.5 Å². The van der Waals surface area contributed by atoms with Crippen molar-refractivity contribution in [1.82, 2.24) is 23.9 Å². The lowest BCUT2D eigenvalue weighted by atomic mass is 10.1. The highest BCUT2D eigenvalue weighted by Crippen LogP contribution is 2.27. The van der Waals surface area contributed by atoms with Crippen LogP contribution in [0, 0.1) is 6.92 Å². The van der Waals surface area contributed by atoms with Crippen molar-refractivity contribution in [2.45, 2.75) is 6.92 Å². The number of benzene rings is 3. The molecule has 3 heterocycles. The van der Waals surface area contributed by atoms with E-state index < -0.39 is 0 Å². The number of rotatable bonds is 6. The molecule has 186 valence electrons. The van der Waals surface area contributed by atoms with Crippen LogP contribution in [0.15, 0.2) is 104 Å². The topological polar surface area (TPSA) is 86.3 Å². The predicted octanol–water partition coefficient (Wildman–Crippen LogP) is 5.82. The van der Waals surface area contributed by atoms with Crippen LogP contribution in [0.4, 0.5) is 5.69 Å². The quantitative estimate of drug-likeness (QED) is 0.312. The molecule has 0 unspecified atom stereocenters. The minimum atomic E-state index is -0.221. The zero-order valence-electron chi connectivity index (χ0n) is 20.9. The molecule has 3 aromatic carbocycles. The normalized spacial score (nSPS) is 11.0. The summed E-state index contributed by atoms with van der Waals surface area (Å²) in [4.78, 5) is 27.0. The van der Waals surface area contributed by atoms with Crippen LogP contribution in [0.5, 0.6) is 5.75 Å². The highest BCUT2D eigenvalue weighted by molar-refractivity contribution is 6.04. The van der Waals surface area contributed by atoms with Crippen LogP contribution in [0.3, 0.4) is 0 Å². The van der Waals surface area contributed by atoms with Crippen molar-refractivity contribution in [3.05, 3.63) is 115 Å². The summed E-state index contributed by atoms with van der Waals surface area (Å²) in [5.74, 6) is 1.84. The Labute approximate surface area is 219 Å². The third kappa shape index (κ3) is 4.39. The number of hydrogen-bond donors (Lipinski definition) is 1. The fourth-order valence-electron chi connectivity index (χ4n) is 4.33. The summed E-state index contributed by atoms with van der Waals surface area (Å²) in [6.45, 7) is 2.06. The van der Waals surface area contributed by atoms with E-state index in [4.69, 9.17) is 9.72 Å². The summed E-state index contributed by atoms with van der Waals surface area (Å²) in [5, 5.41) is 2.97. The number of methoxy groups -OCH3 is 1. The number of aromatic nitrogens is 5. The van der Waals surface area contributed by atoms with Crippen molar-refractivity contribution in [1.29, 1.82) is 0 Å². The SMILES string of the molecule is COc1cccc(C(=O)Nc2cccc(-c3cn4ccnc4c(-n4ccnc4-c4ccc(C)cc4)n3)c2)c1. The molecule has 0 saturated heterocycles. The number of carbonyl (C=O) groups is 1. The van der Waals surface area contributed by atoms with E-state index in [-0.39, 0.29) is 5.91 Å². The first-order valence-electron chi connectivity index (χ1n) is 12.1. The van der Waals surface area contributed by atoms with Crippen LogP contribution >= 0.6 is 0 Å². The molecular weight excluding hydrogens is 476 g/mol. The average Bonchev–Trinajstić information content (AvgIpc) is 3.63. The van der Waals surface area contributed by atoms with E-state index in [0.29, 0.717) is 28.5 Å². The summed E-state index contributed by atoms with van der Waals surface area (Å²) in [6, 6.07) is 22.9. The number of imidazole rings is 2. The smallest absolute Gasteiger partial charge is 0.255 e. The van der Waals surface area contributed by atoms with Gasteiger partial charge in [0.25, 0.3) is 5.91 Å². The van der Waals surface area contributed by atoms with Gasteiger partial charge in [0.2, 0.25) is 0 Å². The Morgan fingerprint density at radius 1 is 0.895 bits per heavy atom. The van der Waals surface area contributed by atoms with Crippen LogP contribution in [0.1, 0.15) is 15.9 Å². The third-order valence-corrected chi connectivity index (χ3v) is 6.28. The molecule has 0 aliphatic rings. The highest BCUT2D eigenvalue weighted by atomic mass is 16.5. The molecule has 8 heteroatoms. The third-order valence-electron chi connectivity index (χ3n) is 6.28. The Bertz CT molecular complexity index is 1770. The molecule has 3 aromatic heterocycles. The van der Waals surface area contributed by atoms with Crippen molar-refractivity contribution < 1.29 is 9.53 Å². The van der Waals surface area contributed by atoms with Gasteiger partial charge in [0.05, 0.1) is 12.8 Å². The molecule has 0 radical (unpaired) electrons. The first-order valence-corrected chi connectivity index (χ1v) is 12.1. The van der Waals surface area contributed by atoms with Gasteiger partial charge in [-0.3, -0.25) is 9.36 Å². The number of nitrogens with one attached hydrogen (secondary N) is 1. The summed E-state index contributed by atoms with van der Waals surface area (Å²) >= 11 is 0. The predicted molar refractivity (Wildman–Crippen MR) is 147 cm³/mol. The lowest BCUT2D eigenvalue weighted by molar-refractivity contribution is 0.102. The number of aryl methyl sites for hydroxylation is 1. The monoisotopic (exact) mass is 500 g/mol. The fraction of sp³-hybridized carbons (Fsp3) is 0.0667. The van der Waals surface area contributed by atoms with Gasteiger partial charge in [-0.25, -0.2) is 15.0 Å². The van der Waals surface area contributed by atoms with Crippen LogP contribution in [-0.2, 0) is 0 Å². The first-order chi connectivity index (χ1) is 18.6. The molecule has 6 rings (SSSR count). The van der Waals surface area contributed by atoms with Crippen molar-refractivity contribution in [2.75, 3.05) is 12.4 Å². The Hall–Kier alpha value is -5.24. The van der Waals surface area contributed by atoms with E-state index in [1.165, 1.54) is 5.56 Å². The molecule has 38 heavy (non-hydrogen) atoms. The van der Waals surface area contributed by atoms with Gasteiger partial charge in [0, 0.05) is 53.4 Å². The van der Waals surface area contributed by atoms with E-state index in [0.717, 1.165) is 22.6 Å². The van der Waals surface area contributed by atoms with Crippen LogP contribution in [-0.4, -0.2) is 36.9 Å². The van der Waals surface area contributed by atoms with Crippen molar-refractivity contribution in [3.8, 4) is 34.2 Å². The highest BCUT2D eigenvalue weighted by Gasteiger charge is 2.16. The lowest BCUT2D eigenvalue weighted by Gasteiger charge is -2.12. The van der Waals surface area contributed by atoms with Gasteiger partial charge in [-0.2, -0.15) is 0 Å². The molecule has 0 spiro atoms. The van der Waals surface area contributed by atoms with Crippen molar-refractivity contribution in [3.63, 3.8) is 0 Å². The second-order valence-corrected chi connectivity index (χ2v) is 8.86. The maximum atomic E-state index is 12.9. The van der Waals surface area contributed by atoms with E-state index >= 15 is 0 Å². The van der Waals surface area contributed by atoms with Gasteiger partial charge < -0.3 is 14.5 Å². The van der Waals surface area contributed by atoms with Crippen molar-refractivity contribution in [2.24, 2.45) is 0 Å². The Kier molecular flexibility index (Phi) is 5.89. The van der Waals surface area contributed by atoms with E-state index in [1.54, 1.807) is 43.8 Å². The number of hydrogen-bond acceptors (Lipinski definition) is 5. The minimum Gasteiger partial charge on any atom is -0.497 e. The van der Waals surface area contributed by atoms with Gasteiger partial charge in [0.1, 0.15) is 11.6 Å². The van der Waals surface area contributed by atoms with Crippen LogP contribution in [0.2, 0.25) is 0 Å². The molecule has 0 atom stereocenters. The molecule has 0 aliphatic carbocycles. The number of carbonyl (C=O) groups excluding carboxylic acids is 1. The zero-order valence-corrected chi connectivity index (χ0v) is 20.9. The van der Waals surface area contributed by atoms with Gasteiger partial charge in [-0.15, -0.1) is 0 Å². The van der Waals surface area contributed by atoms with Crippen molar-refractivity contribution >= 4 is 17.2 Å². The number of ether oxygens (including phenoxy) is 1. The molecule has 1 amide bonds. The van der Waals surface area contributed by atoms with Crippen LogP contribution in [0.25, 0.3) is 34.1 Å². The first kappa shape index (κ1) is 23.2. The molecule has 1 N–H and O–H groups in total. The standard InChI is InChI=1S/C30H24N6O2/c1-20-9-11-21(12-10-20)27-31-14-16-36(27)29-28-32-13-15-35(28)19-26(34-29)22-5-3-7-24(17-22)33-30(37)23-6-4-8-25(18-23)38-2/h3-19H,1-2H3,(H,33,37). The van der Waals surface area contributed by atoms with Crippen LogP contribution < -0.4 is 10.1 Å². The maximum Gasteiger partial charge on any atom is 0.255 e. The van der Waals surface area contributed by atoms with Gasteiger partial charge in [0.15, 0.2) is 11.5 Å². The zero-order chi connectivity index (χ0) is 26.1. The number of amides is 1. The van der Waals surface area contributed by atoms with Gasteiger partial charge in [-0.05, 0) is 37.3 Å². The second kappa shape index (κ2) is 9.67. The largest absolute Gasteiger partial charge is 0.497 e. The van der Waals surface area contributed by atoms with E-state index in [1.807, 2.05) is 51.8 Å². The molecule has 0 aliphatic heterocycles. The Balaban J connectivity index is 1.38. The van der Waals surface area contributed by atoms with Gasteiger partial charge in [-0.1, -0.05) is 48.0 Å².